The molecule has 18 heavy (non-hydrogen) atoms. The van der Waals surface area contributed by atoms with Crippen LogP contribution in [0, 0.1) is 6.92 Å². The molecule has 0 bridgehead atoms. The Morgan fingerprint density at radius 1 is 1.17 bits per heavy atom. The fourth-order valence-corrected chi connectivity index (χ4v) is 3.93. The highest BCUT2D eigenvalue weighted by Gasteiger charge is 2.09. The lowest BCUT2D eigenvalue weighted by atomic mass is 10.2. The van der Waals surface area contributed by atoms with Gasteiger partial charge in [0, 0.05) is 23.7 Å². The van der Waals surface area contributed by atoms with Gasteiger partial charge in [0.2, 0.25) is 0 Å². The van der Waals surface area contributed by atoms with Gasteiger partial charge in [0.05, 0.1) is 13.2 Å². The van der Waals surface area contributed by atoms with Crippen molar-refractivity contribution in [2.24, 2.45) is 0 Å². The monoisotopic (exact) mass is 283 g/mol. The number of morpholine rings is 1. The predicted molar refractivity (Wildman–Crippen MR) is 81.4 cm³/mol. The maximum Gasteiger partial charge on any atom is 0.0594 e. The molecule has 0 N–H and O–H groups in total. The van der Waals surface area contributed by atoms with Gasteiger partial charge in [-0.3, -0.25) is 4.90 Å². The number of benzene rings is 1. The molecule has 2 rings (SSSR count). The van der Waals surface area contributed by atoms with Crippen molar-refractivity contribution < 1.29 is 4.74 Å². The maximum absolute atomic E-state index is 5.34. The minimum Gasteiger partial charge on any atom is -0.379 e. The summed E-state index contributed by atoms with van der Waals surface area (Å²) in [6, 6.07) is 8.76. The highest BCUT2D eigenvalue weighted by atomic mass is 33.1. The third-order valence-corrected chi connectivity index (χ3v) is 5.45. The first-order chi connectivity index (χ1) is 8.84. The lowest BCUT2D eigenvalue weighted by Gasteiger charge is -2.26. The van der Waals surface area contributed by atoms with Crippen molar-refractivity contribution in [1.82, 2.24) is 4.90 Å². The highest BCUT2D eigenvalue weighted by molar-refractivity contribution is 8.76. The predicted octanol–water partition coefficient (Wildman–Crippen LogP) is 3.46. The summed E-state index contributed by atoms with van der Waals surface area (Å²) in [7, 11) is 3.85. The maximum atomic E-state index is 5.34. The van der Waals surface area contributed by atoms with E-state index < -0.39 is 0 Å². The van der Waals surface area contributed by atoms with Crippen molar-refractivity contribution in [3.63, 3.8) is 0 Å². The Labute approximate surface area is 118 Å². The van der Waals surface area contributed by atoms with Gasteiger partial charge < -0.3 is 4.74 Å². The summed E-state index contributed by atoms with van der Waals surface area (Å²) in [6.07, 6.45) is 1.27. The smallest absolute Gasteiger partial charge is 0.0594 e. The van der Waals surface area contributed by atoms with Crippen molar-refractivity contribution >= 4 is 21.6 Å². The molecule has 2 nitrogen and oxygen atoms in total. The topological polar surface area (TPSA) is 12.5 Å². The van der Waals surface area contributed by atoms with E-state index >= 15 is 0 Å². The molecule has 100 valence electrons. The Balaban J connectivity index is 1.54. The zero-order valence-corrected chi connectivity index (χ0v) is 12.6. The second-order valence-electron chi connectivity index (χ2n) is 4.53. The van der Waals surface area contributed by atoms with E-state index in [1.165, 1.54) is 29.2 Å². The standard InChI is InChI=1S/C14H21NOS2/c1-13-3-5-14(6-4-13)18-17-12-2-7-15-8-10-16-11-9-15/h3-6H,2,7-12H2,1H3. The van der Waals surface area contributed by atoms with Crippen LogP contribution in [-0.2, 0) is 4.74 Å². The molecule has 1 saturated heterocycles. The van der Waals surface area contributed by atoms with Crippen molar-refractivity contribution in [2.45, 2.75) is 18.2 Å². The van der Waals surface area contributed by atoms with E-state index in [0.717, 1.165) is 26.3 Å². The van der Waals surface area contributed by atoms with Crippen LogP contribution in [0.25, 0.3) is 0 Å². The van der Waals surface area contributed by atoms with Crippen LogP contribution in [0.4, 0.5) is 0 Å². The lowest BCUT2D eigenvalue weighted by molar-refractivity contribution is 0.0381. The van der Waals surface area contributed by atoms with Gasteiger partial charge in [-0.2, -0.15) is 0 Å². The second-order valence-corrected chi connectivity index (χ2v) is 7.02. The second kappa shape index (κ2) is 8.10. The van der Waals surface area contributed by atoms with E-state index in [1.807, 2.05) is 21.6 Å². The van der Waals surface area contributed by atoms with Gasteiger partial charge >= 0.3 is 0 Å². The van der Waals surface area contributed by atoms with Gasteiger partial charge in [0.15, 0.2) is 0 Å². The molecule has 0 radical (unpaired) electrons. The third kappa shape index (κ3) is 5.22. The lowest BCUT2D eigenvalue weighted by Crippen LogP contribution is -2.36. The first kappa shape index (κ1) is 14.3. The number of rotatable bonds is 6. The van der Waals surface area contributed by atoms with E-state index in [1.54, 1.807) is 0 Å². The molecule has 1 heterocycles. The molecule has 1 aromatic carbocycles. The number of hydrogen-bond donors (Lipinski definition) is 0. The fraction of sp³-hybridized carbons (Fsp3) is 0.571. The molecule has 0 aliphatic carbocycles. The van der Waals surface area contributed by atoms with Gasteiger partial charge in [-0.1, -0.05) is 39.3 Å². The number of nitrogens with zero attached hydrogens (tertiary/aromatic N) is 1. The largest absolute Gasteiger partial charge is 0.379 e. The molecular weight excluding hydrogens is 262 g/mol. The van der Waals surface area contributed by atoms with E-state index in [4.69, 9.17) is 4.74 Å². The Morgan fingerprint density at radius 2 is 1.89 bits per heavy atom. The van der Waals surface area contributed by atoms with E-state index in [-0.39, 0.29) is 0 Å². The van der Waals surface area contributed by atoms with E-state index in [2.05, 4.69) is 36.1 Å². The Hall–Kier alpha value is -0.160. The summed E-state index contributed by atoms with van der Waals surface area (Å²) in [5.41, 5.74) is 1.33. The van der Waals surface area contributed by atoms with Gasteiger partial charge in [0.1, 0.15) is 0 Å². The molecule has 0 atom stereocenters. The molecule has 0 saturated carbocycles. The quantitative estimate of drug-likeness (QED) is 0.585. The zero-order valence-electron chi connectivity index (χ0n) is 10.9. The summed E-state index contributed by atoms with van der Waals surface area (Å²) in [6.45, 7) is 7.37. The van der Waals surface area contributed by atoms with Crippen LogP contribution in [0.2, 0.25) is 0 Å². The minimum atomic E-state index is 0.908. The molecule has 0 unspecified atom stereocenters. The first-order valence-corrected chi connectivity index (χ1v) is 8.83. The molecular formula is C14H21NOS2. The van der Waals surface area contributed by atoms with Crippen molar-refractivity contribution in [2.75, 3.05) is 38.6 Å². The van der Waals surface area contributed by atoms with Crippen molar-refractivity contribution in [1.29, 1.82) is 0 Å². The molecule has 0 amide bonds. The fourth-order valence-electron chi connectivity index (χ4n) is 1.88. The molecule has 1 aliphatic heterocycles. The average molecular weight is 283 g/mol. The number of ether oxygens (including phenoxy) is 1. The average Bonchev–Trinajstić information content (AvgIpc) is 2.42. The summed E-state index contributed by atoms with van der Waals surface area (Å²) < 4.78 is 5.34. The zero-order chi connectivity index (χ0) is 12.6. The Morgan fingerprint density at radius 3 is 2.61 bits per heavy atom. The van der Waals surface area contributed by atoms with E-state index in [9.17, 15) is 0 Å². The molecule has 1 aromatic rings. The van der Waals surface area contributed by atoms with Crippen LogP contribution >= 0.6 is 21.6 Å². The Bertz CT molecular complexity index is 336. The van der Waals surface area contributed by atoms with Gasteiger partial charge in [-0.25, -0.2) is 0 Å². The molecule has 0 aromatic heterocycles. The van der Waals surface area contributed by atoms with Crippen molar-refractivity contribution in [3.8, 4) is 0 Å². The van der Waals surface area contributed by atoms with Gasteiger partial charge in [-0.05, 0) is 32.0 Å². The minimum absolute atomic E-state index is 0.908. The first-order valence-electron chi connectivity index (χ1n) is 6.51. The number of hydrogen-bond acceptors (Lipinski definition) is 4. The molecule has 0 spiro atoms. The summed E-state index contributed by atoms with van der Waals surface area (Å²) >= 11 is 0. The summed E-state index contributed by atoms with van der Waals surface area (Å²) in [4.78, 5) is 3.86. The van der Waals surface area contributed by atoms with Crippen LogP contribution in [0.3, 0.4) is 0 Å². The highest BCUT2D eigenvalue weighted by Crippen LogP contribution is 2.31. The molecule has 1 fully saturated rings. The summed E-state index contributed by atoms with van der Waals surface area (Å²) in [5.74, 6) is 1.22. The molecule has 1 aliphatic rings. The Kier molecular flexibility index (Phi) is 6.41. The van der Waals surface area contributed by atoms with Gasteiger partial charge in [-0.15, -0.1) is 0 Å². The van der Waals surface area contributed by atoms with Crippen LogP contribution < -0.4 is 0 Å². The molecule has 4 heteroatoms. The number of aryl methyl sites for hydroxylation is 1. The van der Waals surface area contributed by atoms with Crippen LogP contribution in [-0.4, -0.2) is 43.5 Å². The van der Waals surface area contributed by atoms with Crippen LogP contribution in [0.1, 0.15) is 12.0 Å². The van der Waals surface area contributed by atoms with Gasteiger partial charge in [0.25, 0.3) is 0 Å². The van der Waals surface area contributed by atoms with Crippen LogP contribution in [0.5, 0.6) is 0 Å². The SMILES string of the molecule is Cc1ccc(SSCCCN2CCOCC2)cc1. The van der Waals surface area contributed by atoms with Crippen LogP contribution in [0.15, 0.2) is 29.2 Å². The summed E-state index contributed by atoms with van der Waals surface area (Å²) in [5, 5.41) is 0. The van der Waals surface area contributed by atoms with Crippen molar-refractivity contribution in [3.05, 3.63) is 29.8 Å². The van der Waals surface area contributed by atoms with E-state index in [0.29, 0.717) is 0 Å². The third-order valence-electron chi connectivity index (χ3n) is 2.98. The normalized spacial score (nSPS) is 16.9.